The predicted octanol–water partition coefficient (Wildman–Crippen LogP) is 3.42. The molecule has 0 aliphatic heterocycles. The zero-order chi connectivity index (χ0) is 15.5. The third-order valence-electron chi connectivity index (χ3n) is 2.71. The number of carbonyl (C=O) groups is 1. The van der Waals surface area contributed by atoms with E-state index in [4.69, 9.17) is 0 Å². The van der Waals surface area contributed by atoms with E-state index in [1.165, 1.54) is 0 Å². The molecule has 1 unspecified atom stereocenters. The average Bonchev–Trinajstić information content (AvgIpc) is 2.56. The fraction of sp³-hybridized carbons (Fsp3) is 0.167. The van der Waals surface area contributed by atoms with Gasteiger partial charge in [0, 0.05) is 12.7 Å². The van der Waals surface area contributed by atoms with E-state index in [1.54, 1.807) is 61.7 Å². The van der Waals surface area contributed by atoms with Crippen molar-refractivity contribution in [3.63, 3.8) is 0 Å². The van der Waals surface area contributed by atoms with Crippen molar-refractivity contribution in [1.29, 1.82) is 0 Å². The molecule has 1 N–H and O–H groups in total. The molecule has 0 aliphatic rings. The monoisotopic (exact) mass is 284 g/mol. The van der Waals surface area contributed by atoms with Crippen molar-refractivity contribution in [2.24, 2.45) is 0 Å². The Bertz CT molecular complexity index is 535. The van der Waals surface area contributed by atoms with Crippen molar-refractivity contribution in [2.75, 3.05) is 13.7 Å². The second kappa shape index (κ2) is 9.64. The SMILES string of the molecule is C=CCOC.O=C(c1ccccc1)C(O)c1ccccc1. The molecule has 0 radical (unpaired) electrons. The number of ether oxygens (including phenoxy) is 1. The number of aliphatic hydroxyl groups excluding tert-OH is 1. The Kier molecular flexibility index (Phi) is 7.72. The third-order valence-corrected chi connectivity index (χ3v) is 2.71. The lowest BCUT2D eigenvalue weighted by molar-refractivity contribution is 0.0747. The summed E-state index contributed by atoms with van der Waals surface area (Å²) in [5.41, 5.74) is 1.15. The molecule has 0 aliphatic carbocycles. The Morgan fingerprint density at radius 2 is 1.67 bits per heavy atom. The maximum atomic E-state index is 11.9. The predicted molar refractivity (Wildman–Crippen MR) is 84.2 cm³/mol. The van der Waals surface area contributed by atoms with Crippen molar-refractivity contribution in [3.05, 3.63) is 84.4 Å². The Balaban J connectivity index is 0.000000383. The fourth-order valence-electron chi connectivity index (χ4n) is 1.66. The number of methoxy groups -OCH3 is 1. The summed E-state index contributed by atoms with van der Waals surface area (Å²) in [5, 5.41) is 9.89. The molecule has 0 spiro atoms. The van der Waals surface area contributed by atoms with Gasteiger partial charge in [0.25, 0.3) is 0 Å². The molecule has 0 saturated heterocycles. The normalized spacial score (nSPS) is 11.0. The number of carbonyl (C=O) groups excluding carboxylic acids is 1. The summed E-state index contributed by atoms with van der Waals surface area (Å²) in [6, 6.07) is 17.7. The number of hydrogen-bond acceptors (Lipinski definition) is 3. The van der Waals surface area contributed by atoms with E-state index >= 15 is 0 Å². The van der Waals surface area contributed by atoms with Crippen LogP contribution in [0.25, 0.3) is 0 Å². The molecular weight excluding hydrogens is 264 g/mol. The Hall–Kier alpha value is -2.23. The molecule has 2 rings (SSSR count). The lowest BCUT2D eigenvalue weighted by Gasteiger charge is -2.09. The smallest absolute Gasteiger partial charge is 0.195 e. The van der Waals surface area contributed by atoms with E-state index in [1.807, 2.05) is 12.1 Å². The van der Waals surface area contributed by atoms with Crippen LogP contribution in [-0.2, 0) is 4.74 Å². The van der Waals surface area contributed by atoms with Crippen molar-refractivity contribution >= 4 is 5.78 Å². The molecule has 0 amide bonds. The molecule has 0 saturated carbocycles. The minimum atomic E-state index is -1.08. The van der Waals surface area contributed by atoms with Crippen LogP contribution in [0.15, 0.2) is 73.3 Å². The lowest BCUT2D eigenvalue weighted by atomic mass is 10.0. The van der Waals surface area contributed by atoms with Crippen molar-refractivity contribution in [3.8, 4) is 0 Å². The van der Waals surface area contributed by atoms with Gasteiger partial charge in [-0.15, -0.1) is 6.58 Å². The van der Waals surface area contributed by atoms with Crippen LogP contribution in [0.2, 0.25) is 0 Å². The van der Waals surface area contributed by atoms with Crippen LogP contribution in [-0.4, -0.2) is 24.6 Å². The molecule has 2 aromatic rings. The van der Waals surface area contributed by atoms with E-state index in [-0.39, 0.29) is 5.78 Å². The van der Waals surface area contributed by atoms with E-state index in [0.717, 1.165) is 0 Å². The number of ketones is 1. The number of Topliss-reactive ketones (excluding diaryl/α,β-unsaturated/α-hetero) is 1. The molecule has 110 valence electrons. The summed E-state index contributed by atoms with van der Waals surface area (Å²) in [5.74, 6) is -0.271. The molecule has 0 bridgehead atoms. The Morgan fingerprint density at radius 1 is 1.14 bits per heavy atom. The molecule has 3 nitrogen and oxygen atoms in total. The van der Waals surface area contributed by atoms with Crippen molar-refractivity contribution < 1.29 is 14.6 Å². The first-order valence-electron chi connectivity index (χ1n) is 6.62. The van der Waals surface area contributed by atoms with Gasteiger partial charge in [0.1, 0.15) is 6.10 Å². The van der Waals surface area contributed by atoms with E-state index < -0.39 is 6.10 Å². The molecule has 2 aromatic carbocycles. The van der Waals surface area contributed by atoms with Crippen LogP contribution in [0.4, 0.5) is 0 Å². The highest BCUT2D eigenvalue weighted by Crippen LogP contribution is 2.17. The summed E-state index contributed by atoms with van der Waals surface area (Å²) < 4.78 is 4.57. The summed E-state index contributed by atoms with van der Waals surface area (Å²) >= 11 is 0. The Labute approximate surface area is 125 Å². The van der Waals surface area contributed by atoms with Gasteiger partial charge in [0.05, 0.1) is 6.61 Å². The summed E-state index contributed by atoms with van der Waals surface area (Å²) in [6.07, 6.45) is 0.628. The molecule has 21 heavy (non-hydrogen) atoms. The lowest BCUT2D eigenvalue weighted by Crippen LogP contribution is -2.11. The quantitative estimate of drug-likeness (QED) is 0.676. The highest BCUT2D eigenvalue weighted by Gasteiger charge is 2.18. The molecule has 0 heterocycles. The topological polar surface area (TPSA) is 46.5 Å². The number of rotatable bonds is 5. The van der Waals surface area contributed by atoms with Gasteiger partial charge in [0.15, 0.2) is 5.78 Å². The fourth-order valence-corrected chi connectivity index (χ4v) is 1.66. The highest BCUT2D eigenvalue weighted by molar-refractivity contribution is 5.99. The van der Waals surface area contributed by atoms with Crippen LogP contribution in [0.3, 0.4) is 0 Å². The second-order valence-electron chi connectivity index (χ2n) is 4.29. The molecule has 1 atom stereocenters. The second-order valence-corrected chi connectivity index (χ2v) is 4.29. The van der Waals surface area contributed by atoms with Gasteiger partial charge in [0.2, 0.25) is 0 Å². The molecular formula is C18H20O3. The first-order chi connectivity index (χ1) is 10.2. The first-order valence-corrected chi connectivity index (χ1v) is 6.62. The van der Waals surface area contributed by atoms with E-state index in [9.17, 15) is 9.90 Å². The summed E-state index contributed by atoms with van der Waals surface area (Å²) in [6.45, 7) is 4.08. The van der Waals surface area contributed by atoms with Crippen LogP contribution in [0.5, 0.6) is 0 Å². The zero-order valence-corrected chi connectivity index (χ0v) is 12.1. The van der Waals surface area contributed by atoms with Gasteiger partial charge in [-0.3, -0.25) is 4.79 Å². The van der Waals surface area contributed by atoms with E-state index in [0.29, 0.717) is 17.7 Å². The van der Waals surface area contributed by atoms with Gasteiger partial charge >= 0.3 is 0 Å². The maximum absolute atomic E-state index is 11.9. The highest BCUT2D eigenvalue weighted by atomic mass is 16.5. The van der Waals surface area contributed by atoms with Gasteiger partial charge in [-0.05, 0) is 5.56 Å². The molecule has 0 aromatic heterocycles. The third kappa shape index (κ3) is 5.73. The number of aliphatic hydroxyl groups is 1. The number of hydrogen-bond donors (Lipinski definition) is 1. The standard InChI is InChI=1S/C14H12O2.C4H8O/c15-13(11-7-3-1-4-8-11)14(16)12-9-5-2-6-10-12;1-3-4-5-2/h1-10,13,15H;3H,1,4H2,2H3. The van der Waals surface area contributed by atoms with Crippen LogP contribution in [0.1, 0.15) is 22.0 Å². The largest absolute Gasteiger partial charge is 0.381 e. The van der Waals surface area contributed by atoms with E-state index in [2.05, 4.69) is 11.3 Å². The van der Waals surface area contributed by atoms with Gasteiger partial charge in [-0.25, -0.2) is 0 Å². The summed E-state index contributed by atoms with van der Waals surface area (Å²) in [7, 11) is 1.64. The van der Waals surface area contributed by atoms with Crippen LogP contribution < -0.4 is 0 Å². The first kappa shape index (κ1) is 16.8. The maximum Gasteiger partial charge on any atom is 0.195 e. The van der Waals surface area contributed by atoms with Gasteiger partial charge in [-0.2, -0.15) is 0 Å². The minimum Gasteiger partial charge on any atom is -0.381 e. The Morgan fingerprint density at radius 3 is 2.10 bits per heavy atom. The molecule has 0 fully saturated rings. The van der Waals surface area contributed by atoms with Crippen LogP contribution in [0, 0.1) is 0 Å². The van der Waals surface area contributed by atoms with Crippen molar-refractivity contribution in [2.45, 2.75) is 6.10 Å². The van der Waals surface area contributed by atoms with Gasteiger partial charge < -0.3 is 9.84 Å². The zero-order valence-electron chi connectivity index (χ0n) is 12.1. The summed E-state index contributed by atoms with van der Waals surface area (Å²) in [4.78, 5) is 11.9. The number of benzene rings is 2. The molecule has 3 heteroatoms. The average molecular weight is 284 g/mol. The van der Waals surface area contributed by atoms with Crippen molar-refractivity contribution in [1.82, 2.24) is 0 Å². The van der Waals surface area contributed by atoms with Gasteiger partial charge in [-0.1, -0.05) is 66.7 Å². The minimum absolute atomic E-state index is 0.271. The van der Waals surface area contributed by atoms with Crippen LogP contribution >= 0.6 is 0 Å².